The second-order valence-electron chi connectivity index (χ2n) is 2.76. The van der Waals surface area contributed by atoms with E-state index in [1.54, 1.807) is 26.4 Å². The maximum atomic E-state index is 11.3. The van der Waals surface area contributed by atoms with Gasteiger partial charge in [0, 0.05) is 25.4 Å². The van der Waals surface area contributed by atoms with E-state index in [9.17, 15) is 8.42 Å². The molecule has 0 bridgehead atoms. The van der Waals surface area contributed by atoms with Crippen LogP contribution in [0.15, 0.2) is 12.4 Å². The second-order valence-corrected chi connectivity index (χ2v) is 5.13. The van der Waals surface area contributed by atoms with Crippen LogP contribution in [0.2, 0.25) is 0 Å². The summed E-state index contributed by atoms with van der Waals surface area (Å²) in [6, 6.07) is 0. The average Bonchev–Trinajstić information content (AvgIpc) is 2.57. The van der Waals surface area contributed by atoms with E-state index in [1.165, 1.54) is 4.31 Å². The molecule has 0 amide bonds. The van der Waals surface area contributed by atoms with Gasteiger partial charge in [-0.25, -0.2) is 12.7 Å². The Balaban J connectivity index is 2.66. The molecule has 0 aliphatic carbocycles. The van der Waals surface area contributed by atoms with Crippen molar-refractivity contribution in [2.24, 2.45) is 0 Å². The molecule has 1 aromatic rings. The monoisotopic (exact) mass is 203 g/mol. The first-order valence-electron chi connectivity index (χ1n) is 3.98. The lowest BCUT2D eigenvalue weighted by atomic mass is 10.4. The fraction of sp³-hybridized carbons (Fsp3) is 0.571. The molecule has 1 rings (SSSR count). The molecule has 0 radical (unpaired) electrons. The summed E-state index contributed by atoms with van der Waals surface area (Å²) in [6.45, 7) is 1.99. The molecule has 13 heavy (non-hydrogen) atoms. The normalized spacial score (nSPS) is 12.2. The van der Waals surface area contributed by atoms with Gasteiger partial charge >= 0.3 is 0 Å². The Hall–Kier alpha value is -0.880. The van der Waals surface area contributed by atoms with Crippen LogP contribution >= 0.6 is 0 Å². The number of H-pyrrole nitrogens is 1. The minimum Gasteiger partial charge on any atom is -0.285 e. The first-order chi connectivity index (χ1) is 6.06. The summed E-state index contributed by atoms with van der Waals surface area (Å²) < 4.78 is 24.0. The first-order valence-corrected chi connectivity index (χ1v) is 5.59. The molecule has 5 nitrogen and oxygen atoms in total. The molecule has 0 saturated carbocycles. The van der Waals surface area contributed by atoms with E-state index in [4.69, 9.17) is 0 Å². The molecule has 1 N–H and O–H groups in total. The number of sulfonamides is 1. The van der Waals surface area contributed by atoms with Crippen LogP contribution < -0.4 is 0 Å². The van der Waals surface area contributed by atoms with E-state index < -0.39 is 10.0 Å². The largest absolute Gasteiger partial charge is 0.285 e. The number of aromatic amines is 1. The van der Waals surface area contributed by atoms with Gasteiger partial charge in [0.25, 0.3) is 0 Å². The van der Waals surface area contributed by atoms with Gasteiger partial charge in [-0.1, -0.05) is 0 Å². The van der Waals surface area contributed by atoms with Crippen molar-refractivity contribution >= 4 is 10.0 Å². The van der Waals surface area contributed by atoms with E-state index in [-0.39, 0.29) is 5.75 Å². The zero-order valence-corrected chi connectivity index (χ0v) is 8.50. The van der Waals surface area contributed by atoms with E-state index in [2.05, 4.69) is 10.2 Å². The number of nitrogens with zero attached hydrogens (tertiary/aromatic N) is 2. The van der Waals surface area contributed by atoms with Gasteiger partial charge in [-0.15, -0.1) is 0 Å². The zero-order valence-electron chi connectivity index (χ0n) is 7.69. The van der Waals surface area contributed by atoms with Gasteiger partial charge in [-0.05, 0) is 6.92 Å². The fourth-order valence-corrected chi connectivity index (χ4v) is 1.73. The summed E-state index contributed by atoms with van der Waals surface area (Å²) in [4.78, 5) is 0. The minimum atomic E-state index is -3.08. The SMILES string of the molecule is CCS(=O)(=O)N(C)Cc1cn[nH]c1. The maximum absolute atomic E-state index is 11.3. The summed E-state index contributed by atoms with van der Waals surface area (Å²) in [5, 5.41) is 6.37. The number of aromatic nitrogens is 2. The van der Waals surface area contributed by atoms with Crippen LogP contribution in [0.25, 0.3) is 0 Å². The van der Waals surface area contributed by atoms with Gasteiger partial charge in [0.05, 0.1) is 11.9 Å². The predicted octanol–water partition coefficient (Wildman–Crippen LogP) is 0.191. The van der Waals surface area contributed by atoms with E-state index >= 15 is 0 Å². The molecular weight excluding hydrogens is 190 g/mol. The van der Waals surface area contributed by atoms with Crippen LogP contribution in [0.3, 0.4) is 0 Å². The van der Waals surface area contributed by atoms with Crippen LogP contribution in [-0.2, 0) is 16.6 Å². The van der Waals surface area contributed by atoms with Crippen LogP contribution in [-0.4, -0.2) is 35.7 Å². The molecule has 1 aromatic heterocycles. The topological polar surface area (TPSA) is 66.1 Å². The standard InChI is InChI=1S/C7H13N3O2S/c1-3-13(11,12)10(2)6-7-4-8-9-5-7/h4-5H,3,6H2,1-2H3,(H,8,9). The highest BCUT2D eigenvalue weighted by molar-refractivity contribution is 7.89. The lowest BCUT2D eigenvalue weighted by molar-refractivity contribution is 0.468. The van der Waals surface area contributed by atoms with E-state index in [1.807, 2.05) is 0 Å². The quantitative estimate of drug-likeness (QED) is 0.759. The highest BCUT2D eigenvalue weighted by atomic mass is 32.2. The van der Waals surface area contributed by atoms with Gasteiger partial charge in [-0.2, -0.15) is 5.10 Å². The Bertz CT molecular complexity index is 344. The van der Waals surface area contributed by atoms with Crippen molar-refractivity contribution in [3.63, 3.8) is 0 Å². The summed E-state index contributed by atoms with van der Waals surface area (Å²) in [5.41, 5.74) is 0.861. The van der Waals surface area contributed by atoms with Crippen molar-refractivity contribution in [3.8, 4) is 0 Å². The first kappa shape index (κ1) is 10.2. The number of hydrogen-bond donors (Lipinski definition) is 1. The third-order valence-electron chi connectivity index (χ3n) is 1.80. The van der Waals surface area contributed by atoms with Crippen LogP contribution in [0.5, 0.6) is 0 Å². The number of hydrogen-bond acceptors (Lipinski definition) is 3. The summed E-state index contributed by atoms with van der Waals surface area (Å²) >= 11 is 0. The van der Waals surface area contributed by atoms with Gasteiger partial charge in [0.2, 0.25) is 10.0 Å². The lowest BCUT2D eigenvalue weighted by Gasteiger charge is -2.14. The third-order valence-corrected chi connectivity index (χ3v) is 3.61. The van der Waals surface area contributed by atoms with Gasteiger partial charge in [0.1, 0.15) is 0 Å². The van der Waals surface area contributed by atoms with Crippen LogP contribution in [0.1, 0.15) is 12.5 Å². The Labute approximate surface area is 77.8 Å². The zero-order chi connectivity index (χ0) is 9.90. The Morgan fingerprint density at radius 2 is 2.31 bits per heavy atom. The Kier molecular flexibility index (Phi) is 3.05. The summed E-state index contributed by atoms with van der Waals surface area (Å²) in [5.74, 6) is 0.126. The van der Waals surface area contributed by atoms with Crippen molar-refractivity contribution < 1.29 is 8.42 Å². The second kappa shape index (κ2) is 3.89. The third kappa shape index (κ3) is 2.53. The summed E-state index contributed by atoms with van der Waals surface area (Å²) in [7, 11) is -1.52. The molecular formula is C7H13N3O2S. The molecule has 0 unspecified atom stereocenters. The van der Waals surface area contributed by atoms with E-state index in [0.717, 1.165) is 5.56 Å². The lowest BCUT2D eigenvalue weighted by Crippen LogP contribution is -2.27. The van der Waals surface area contributed by atoms with Crippen molar-refractivity contribution in [3.05, 3.63) is 18.0 Å². The van der Waals surface area contributed by atoms with Gasteiger partial charge in [0.15, 0.2) is 0 Å². The smallest absolute Gasteiger partial charge is 0.213 e. The van der Waals surface area contributed by atoms with Gasteiger partial charge < -0.3 is 0 Å². The fourth-order valence-electron chi connectivity index (χ4n) is 0.940. The maximum Gasteiger partial charge on any atom is 0.213 e. The Morgan fingerprint density at radius 1 is 1.62 bits per heavy atom. The minimum absolute atomic E-state index is 0.126. The molecule has 0 aliphatic heterocycles. The van der Waals surface area contributed by atoms with Gasteiger partial charge in [-0.3, -0.25) is 5.10 Å². The van der Waals surface area contributed by atoms with Crippen LogP contribution in [0, 0.1) is 0 Å². The molecule has 0 fully saturated rings. The molecule has 0 aromatic carbocycles. The molecule has 0 saturated heterocycles. The van der Waals surface area contributed by atoms with Crippen molar-refractivity contribution in [1.82, 2.24) is 14.5 Å². The molecule has 0 atom stereocenters. The molecule has 6 heteroatoms. The molecule has 74 valence electrons. The van der Waals surface area contributed by atoms with Crippen molar-refractivity contribution in [2.45, 2.75) is 13.5 Å². The number of rotatable bonds is 4. The summed E-state index contributed by atoms with van der Waals surface area (Å²) in [6.07, 6.45) is 3.30. The van der Waals surface area contributed by atoms with Crippen LogP contribution in [0.4, 0.5) is 0 Å². The number of nitrogens with one attached hydrogen (secondary N) is 1. The van der Waals surface area contributed by atoms with Crippen molar-refractivity contribution in [1.29, 1.82) is 0 Å². The molecule has 0 aliphatic rings. The van der Waals surface area contributed by atoms with Crippen molar-refractivity contribution in [2.75, 3.05) is 12.8 Å². The highest BCUT2D eigenvalue weighted by Gasteiger charge is 2.15. The van der Waals surface area contributed by atoms with E-state index in [0.29, 0.717) is 6.54 Å². The average molecular weight is 203 g/mol. The highest BCUT2D eigenvalue weighted by Crippen LogP contribution is 2.04. The molecule has 0 spiro atoms. The Morgan fingerprint density at radius 3 is 2.77 bits per heavy atom. The predicted molar refractivity (Wildman–Crippen MR) is 49.5 cm³/mol. The molecule has 1 heterocycles.